The van der Waals surface area contributed by atoms with Gasteiger partial charge in [-0.1, -0.05) is 63.2 Å². The third-order valence-electron chi connectivity index (χ3n) is 6.70. The van der Waals surface area contributed by atoms with Crippen LogP contribution in [-0.4, -0.2) is 0 Å². The summed E-state index contributed by atoms with van der Waals surface area (Å²) in [6.45, 7) is 8.99. The molecule has 0 N–H and O–H groups in total. The summed E-state index contributed by atoms with van der Waals surface area (Å²) in [6, 6.07) is 21.4. The first kappa shape index (κ1) is 18.2. The smallest absolute Gasteiger partial charge is 0.228 e. The average molecular weight is 420 g/mol. The molecule has 0 fully saturated rings. The van der Waals surface area contributed by atoms with Crippen molar-refractivity contribution in [1.29, 1.82) is 0 Å². The van der Waals surface area contributed by atoms with E-state index in [-0.39, 0.29) is 5.41 Å². The van der Waals surface area contributed by atoms with E-state index in [9.17, 15) is 0 Å². The second-order valence-electron chi connectivity index (χ2n) is 10.3. The Morgan fingerprint density at radius 1 is 0.875 bits per heavy atom. The van der Waals surface area contributed by atoms with Crippen LogP contribution in [0.15, 0.2) is 66.8 Å². The van der Waals surface area contributed by atoms with Crippen molar-refractivity contribution >= 4 is 32.3 Å². The van der Waals surface area contributed by atoms with Gasteiger partial charge < -0.3 is 4.74 Å². The predicted molar refractivity (Wildman–Crippen MR) is 134 cm³/mol. The highest BCUT2D eigenvalue weighted by molar-refractivity contribution is 6.16. The minimum absolute atomic E-state index is 0.179. The van der Waals surface area contributed by atoms with E-state index in [0.717, 1.165) is 39.9 Å². The van der Waals surface area contributed by atoms with Gasteiger partial charge in [0.25, 0.3) is 0 Å². The molecule has 0 saturated heterocycles. The normalized spacial score (nSPS) is 13.3. The summed E-state index contributed by atoms with van der Waals surface area (Å²) in [5, 5.41) is 6.99. The fraction of sp³-hybridized carbons (Fsp3) is 0.233. The molecule has 0 bridgehead atoms. The van der Waals surface area contributed by atoms with Crippen molar-refractivity contribution in [3.05, 3.63) is 78.0 Å². The molecule has 2 nitrogen and oxygen atoms in total. The van der Waals surface area contributed by atoms with Crippen molar-refractivity contribution in [1.82, 2.24) is 0 Å². The zero-order chi connectivity index (χ0) is 23.1. The van der Waals surface area contributed by atoms with E-state index in [4.69, 9.17) is 6.11 Å². The van der Waals surface area contributed by atoms with E-state index >= 15 is 0 Å². The first-order chi connectivity index (χ1) is 15.7. The standard InChI is InChI=1S/C30H28NO/c1-18-21-11-7-6-9-19(21)15-25-27(18)29-28-23(13-14-31(29)5)22-12-8-10-20(17-30(2,3)4)24(22)16-26(28)32-25/h6-16H,17H2,1-5H3/q+1/i14D. The van der Waals surface area contributed by atoms with Crippen LogP contribution in [0.2, 0.25) is 0 Å². The fourth-order valence-electron chi connectivity index (χ4n) is 5.37. The molecule has 0 unspecified atom stereocenters. The molecule has 1 aliphatic rings. The van der Waals surface area contributed by atoms with Crippen molar-refractivity contribution < 1.29 is 10.7 Å². The Hall–Kier alpha value is -3.39. The van der Waals surface area contributed by atoms with Gasteiger partial charge in [-0.15, -0.1) is 0 Å². The molecule has 4 aromatic carbocycles. The molecule has 0 radical (unpaired) electrons. The topological polar surface area (TPSA) is 13.1 Å². The third-order valence-corrected chi connectivity index (χ3v) is 6.70. The van der Waals surface area contributed by atoms with E-state index in [1.807, 2.05) is 17.7 Å². The van der Waals surface area contributed by atoms with Crippen molar-refractivity contribution in [2.45, 2.75) is 34.1 Å². The fourth-order valence-corrected chi connectivity index (χ4v) is 5.37. The van der Waals surface area contributed by atoms with Crippen LogP contribution in [0, 0.1) is 12.3 Å². The van der Waals surface area contributed by atoms with Gasteiger partial charge in [-0.3, -0.25) is 0 Å². The summed E-state index contributed by atoms with van der Waals surface area (Å²) in [4.78, 5) is 0. The molecule has 6 rings (SSSR count). The largest absolute Gasteiger partial charge is 0.456 e. The van der Waals surface area contributed by atoms with Crippen LogP contribution >= 0.6 is 0 Å². The van der Waals surface area contributed by atoms with Gasteiger partial charge in [-0.2, -0.15) is 0 Å². The van der Waals surface area contributed by atoms with Crippen molar-refractivity contribution in [3.8, 4) is 22.8 Å². The van der Waals surface area contributed by atoms with E-state index < -0.39 is 0 Å². The monoisotopic (exact) mass is 419 g/mol. The zero-order valence-electron chi connectivity index (χ0n) is 20.3. The van der Waals surface area contributed by atoms with Gasteiger partial charge in [-0.25, -0.2) is 4.57 Å². The highest BCUT2D eigenvalue weighted by Gasteiger charge is 2.31. The lowest BCUT2D eigenvalue weighted by molar-refractivity contribution is -0.659. The Morgan fingerprint density at radius 3 is 2.47 bits per heavy atom. The number of pyridine rings is 1. The quantitative estimate of drug-likeness (QED) is 0.197. The Labute approximate surface area is 190 Å². The molecule has 2 heteroatoms. The Bertz CT molecular complexity index is 1630. The lowest BCUT2D eigenvalue weighted by atomic mass is 9.84. The van der Waals surface area contributed by atoms with Gasteiger partial charge in [0.1, 0.15) is 19.9 Å². The molecule has 0 amide bonds. The second kappa shape index (κ2) is 6.56. The minimum atomic E-state index is 0.179. The number of aromatic nitrogens is 1. The van der Waals surface area contributed by atoms with Gasteiger partial charge in [0, 0.05) is 11.5 Å². The molecular weight excluding hydrogens is 390 g/mol. The number of hydrogen-bond donors (Lipinski definition) is 0. The summed E-state index contributed by atoms with van der Waals surface area (Å²) < 4.78 is 17.5. The van der Waals surface area contributed by atoms with Crippen LogP contribution in [-0.2, 0) is 13.5 Å². The summed E-state index contributed by atoms with van der Waals surface area (Å²) in [6.07, 6.45) is 1.48. The predicted octanol–water partition coefficient (Wildman–Crippen LogP) is 7.64. The number of hydrogen-bond acceptors (Lipinski definition) is 1. The molecule has 32 heavy (non-hydrogen) atoms. The summed E-state index contributed by atoms with van der Waals surface area (Å²) in [7, 11) is 1.99. The first-order valence-electron chi connectivity index (χ1n) is 11.8. The highest BCUT2D eigenvalue weighted by atomic mass is 16.5. The molecule has 0 spiro atoms. The maximum Gasteiger partial charge on any atom is 0.228 e. The SMILES string of the molecule is [2H]c1cc2c3c(cc4c(CC(C)(C)C)cccc42)Oc2cc4ccccc4c(C)c2-c3[n+]1C. The Morgan fingerprint density at radius 2 is 1.66 bits per heavy atom. The van der Waals surface area contributed by atoms with Crippen molar-refractivity contribution in [2.75, 3.05) is 0 Å². The summed E-state index contributed by atoms with van der Waals surface area (Å²) in [5.41, 5.74) is 4.85. The molecule has 0 aliphatic carbocycles. The molecule has 0 saturated carbocycles. The van der Waals surface area contributed by atoms with E-state index in [1.165, 1.54) is 32.7 Å². The van der Waals surface area contributed by atoms with Gasteiger partial charge in [0.15, 0.2) is 6.17 Å². The van der Waals surface area contributed by atoms with Crippen LogP contribution in [0.25, 0.3) is 43.6 Å². The van der Waals surface area contributed by atoms with Gasteiger partial charge in [-0.05, 0) is 63.6 Å². The summed E-state index contributed by atoms with van der Waals surface area (Å²) in [5.74, 6) is 1.75. The van der Waals surface area contributed by atoms with Crippen molar-refractivity contribution in [3.63, 3.8) is 0 Å². The van der Waals surface area contributed by atoms with Crippen LogP contribution in [0.4, 0.5) is 0 Å². The van der Waals surface area contributed by atoms with Crippen LogP contribution < -0.4 is 9.30 Å². The number of ether oxygens (including phenoxy) is 1. The van der Waals surface area contributed by atoms with Crippen LogP contribution in [0.3, 0.4) is 0 Å². The third kappa shape index (κ3) is 2.75. The van der Waals surface area contributed by atoms with Gasteiger partial charge in [0.2, 0.25) is 5.69 Å². The number of rotatable bonds is 1. The minimum Gasteiger partial charge on any atom is -0.456 e. The van der Waals surface area contributed by atoms with Gasteiger partial charge in [0.05, 0.1) is 10.9 Å². The van der Waals surface area contributed by atoms with Gasteiger partial charge >= 0.3 is 0 Å². The Kier molecular flexibility index (Phi) is 3.73. The Balaban J connectivity index is 1.78. The molecule has 1 aromatic heterocycles. The van der Waals surface area contributed by atoms with E-state index in [1.54, 1.807) is 0 Å². The maximum atomic E-state index is 8.81. The lowest BCUT2D eigenvalue weighted by Crippen LogP contribution is -2.31. The zero-order valence-corrected chi connectivity index (χ0v) is 19.3. The number of benzene rings is 4. The second-order valence-corrected chi connectivity index (χ2v) is 10.3. The number of fused-ring (bicyclic) bond motifs is 5. The summed E-state index contributed by atoms with van der Waals surface area (Å²) >= 11 is 0. The molecule has 1 aliphatic heterocycles. The maximum absolute atomic E-state index is 8.81. The highest BCUT2D eigenvalue weighted by Crippen LogP contribution is 2.50. The number of nitrogens with zero attached hydrogens (tertiary/aromatic N) is 1. The van der Waals surface area contributed by atoms with Crippen LogP contribution in [0.5, 0.6) is 11.5 Å². The van der Waals surface area contributed by atoms with Crippen molar-refractivity contribution in [2.24, 2.45) is 12.5 Å². The lowest BCUT2D eigenvalue weighted by Gasteiger charge is -2.24. The molecule has 158 valence electrons. The number of aryl methyl sites for hydroxylation is 1. The van der Waals surface area contributed by atoms with Crippen LogP contribution in [0.1, 0.15) is 33.3 Å². The molecule has 2 heterocycles. The molecule has 0 atom stereocenters. The average Bonchev–Trinajstić information content (AvgIpc) is 2.76. The molecule has 5 aromatic rings. The van der Waals surface area contributed by atoms with E-state index in [0.29, 0.717) is 6.17 Å². The molecular formula is C30H28NO+. The van der Waals surface area contributed by atoms with E-state index in [2.05, 4.69) is 82.3 Å². The first-order valence-corrected chi connectivity index (χ1v) is 11.3.